The number of benzene rings is 2. The zero-order chi connectivity index (χ0) is 24.5. The highest BCUT2D eigenvalue weighted by Gasteiger charge is 2.35. The lowest BCUT2D eigenvalue weighted by molar-refractivity contribution is -0.0155. The minimum absolute atomic E-state index is 0.0606. The van der Waals surface area contributed by atoms with Crippen LogP contribution in [0.15, 0.2) is 48.5 Å². The molecule has 1 fully saturated rings. The van der Waals surface area contributed by atoms with Gasteiger partial charge in [-0.25, -0.2) is 0 Å². The maximum absolute atomic E-state index is 13.6. The van der Waals surface area contributed by atoms with E-state index in [1.807, 2.05) is 35.2 Å². The molecule has 0 saturated carbocycles. The minimum Gasteiger partial charge on any atom is -0.493 e. The van der Waals surface area contributed by atoms with Gasteiger partial charge in [0.2, 0.25) is 0 Å². The van der Waals surface area contributed by atoms with E-state index in [0.29, 0.717) is 17.9 Å². The van der Waals surface area contributed by atoms with Gasteiger partial charge in [-0.2, -0.15) is 0 Å². The summed E-state index contributed by atoms with van der Waals surface area (Å²) < 4.78 is 18.1. The Bertz CT molecular complexity index is 950. The number of para-hydroxylation sites is 2. The first-order valence-corrected chi connectivity index (χ1v) is 13.2. The van der Waals surface area contributed by atoms with Crippen LogP contribution in [-0.4, -0.2) is 67.8 Å². The molecule has 2 aliphatic rings. The number of piperidine rings is 1. The van der Waals surface area contributed by atoms with Crippen LogP contribution in [-0.2, 0) is 11.3 Å². The second kappa shape index (κ2) is 12.9. The summed E-state index contributed by atoms with van der Waals surface area (Å²) in [5.74, 6) is 1.70. The van der Waals surface area contributed by atoms with Crippen molar-refractivity contribution in [2.45, 2.75) is 64.1 Å². The fraction of sp³-hybridized carbons (Fsp3) is 0.552. The quantitative estimate of drug-likeness (QED) is 0.572. The maximum Gasteiger partial charge on any atom is 0.257 e. The molecule has 0 spiro atoms. The summed E-state index contributed by atoms with van der Waals surface area (Å²) in [6.45, 7) is 6.75. The second-order valence-electron chi connectivity index (χ2n) is 9.56. The van der Waals surface area contributed by atoms with E-state index in [2.05, 4.69) is 30.0 Å². The lowest BCUT2D eigenvalue weighted by Gasteiger charge is -2.41. The zero-order valence-electron chi connectivity index (χ0n) is 21.3. The Labute approximate surface area is 210 Å². The van der Waals surface area contributed by atoms with Gasteiger partial charge in [-0.15, -0.1) is 0 Å². The molecule has 0 N–H and O–H groups in total. The van der Waals surface area contributed by atoms with Crippen molar-refractivity contribution in [2.75, 3.05) is 40.0 Å². The van der Waals surface area contributed by atoms with E-state index in [9.17, 15) is 4.79 Å². The molecule has 2 aliphatic heterocycles. The van der Waals surface area contributed by atoms with E-state index in [1.54, 1.807) is 7.11 Å². The number of carbonyl (C=O) groups is 1. The highest BCUT2D eigenvalue weighted by atomic mass is 16.5. The van der Waals surface area contributed by atoms with Crippen LogP contribution in [0.4, 0.5) is 0 Å². The van der Waals surface area contributed by atoms with Crippen LogP contribution >= 0.6 is 0 Å². The summed E-state index contributed by atoms with van der Waals surface area (Å²) in [6, 6.07) is 16.1. The number of methoxy groups -OCH3 is 1. The van der Waals surface area contributed by atoms with E-state index in [1.165, 1.54) is 5.56 Å². The SMILES string of the molecule is CCCOc1ccccc1CN1CCCC[C@H]2[C@@H](OC)CCCN2C(=O)c2ccccc2OCC1. The van der Waals surface area contributed by atoms with E-state index < -0.39 is 0 Å². The van der Waals surface area contributed by atoms with Crippen LogP contribution in [0, 0.1) is 0 Å². The molecule has 2 aromatic rings. The van der Waals surface area contributed by atoms with Crippen molar-refractivity contribution in [1.29, 1.82) is 0 Å². The van der Waals surface area contributed by atoms with Crippen molar-refractivity contribution in [3.8, 4) is 11.5 Å². The van der Waals surface area contributed by atoms with Gasteiger partial charge in [-0.1, -0.05) is 43.7 Å². The molecule has 2 aromatic carbocycles. The van der Waals surface area contributed by atoms with Gasteiger partial charge in [0.15, 0.2) is 0 Å². The third kappa shape index (κ3) is 6.56. The third-order valence-electron chi connectivity index (χ3n) is 7.12. The Morgan fingerprint density at radius 3 is 2.66 bits per heavy atom. The first-order valence-electron chi connectivity index (χ1n) is 13.2. The molecule has 0 radical (unpaired) electrons. The molecular weight excluding hydrogens is 440 g/mol. The summed E-state index contributed by atoms with van der Waals surface area (Å²) in [4.78, 5) is 18.1. The number of carbonyl (C=O) groups excluding carboxylic acids is 1. The van der Waals surface area contributed by atoms with Gasteiger partial charge in [0, 0.05) is 32.3 Å². The predicted molar refractivity (Wildman–Crippen MR) is 138 cm³/mol. The monoisotopic (exact) mass is 480 g/mol. The van der Waals surface area contributed by atoms with Crippen LogP contribution in [0.2, 0.25) is 0 Å². The first kappa shape index (κ1) is 25.5. The summed E-state index contributed by atoms with van der Waals surface area (Å²) >= 11 is 0. The normalized spacial score (nSPS) is 22.1. The predicted octanol–water partition coefficient (Wildman–Crippen LogP) is 5.16. The molecule has 1 saturated heterocycles. The van der Waals surface area contributed by atoms with Crippen LogP contribution in [0.3, 0.4) is 0 Å². The van der Waals surface area contributed by atoms with Gasteiger partial charge in [0.25, 0.3) is 5.91 Å². The summed E-state index contributed by atoms with van der Waals surface area (Å²) in [5, 5.41) is 0. The van der Waals surface area contributed by atoms with Crippen LogP contribution < -0.4 is 9.47 Å². The number of hydrogen-bond acceptors (Lipinski definition) is 5. The van der Waals surface area contributed by atoms with E-state index >= 15 is 0 Å². The average molecular weight is 481 g/mol. The molecule has 0 aliphatic carbocycles. The first-order chi connectivity index (χ1) is 17.2. The number of amides is 1. The van der Waals surface area contributed by atoms with Gasteiger partial charge in [0.05, 0.1) is 24.3 Å². The molecule has 0 unspecified atom stereocenters. The highest BCUT2D eigenvalue weighted by molar-refractivity contribution is 5.97. The smallest absolute Gasteiger partial charge is 0.257 e. The molecule has 2 atom stereocenters. The zero-order valence-corrected chi connectivity index (χ0v) is 21.3. The fourth-order valence-electron chi connectivity index (χ4n) is 5.29. The molecule has 0 aromatic heterocycles. The molecule has 6 heteroatoms. The van der Waals surface area contributed by atoms with Crippen LogP contribution in [0.5, 0.6) is 11.5 Å². The molecular formula is C29H40N2O4. The van der Waals surface area contributed by atoms with E-state index in [-0.39, 0.29) is 18.1 Å². The van der Waals surface area contributed by atoms with Gasteiger partial charge < -0.3 is 19.1 Å². The van der Waals surface area contributed by atoms with Crippen molar-refractivity contribution in [3.05, 3.63) is 59.7 Å². The summed E-state index contributed by atoms with van der Waals surface area (Å²) in [6.07, 6.45) is 6.13. The Morgan fingerprint density at radius 1 is 0.971 bits per heavy atom. The highest BCUT2D eigenvalue weighted by Crippen LogP contribution is 2.29. The fourth-order valence-corrected chi connectivity index (χ4v) is 5.29. The van der Waals surface area contributed by atoms with Crippen molar-refractivity contribution in [1.82, 2.24) is 9.80 Å². The van der Waals surface area contributed by atoms with Crippen molar-refractivity contribution in [2.24, 2.45) is 0 Å². The summed E-state index contributed by atoms with van der Waals surface area (Å²) in [7, 11) is 1.77. The number of nitrogens with zero attached hydrogens (tertiary/aromatic N) is 2. The van der Waals surface area contributed by atoms with Crippen molar-refractivity contribution < 1.29 is 19.0 Å². The maximum atomic E-state index is 13.6. The number of rotatable bonds is 6. The topological polar surface area (TPSA) is 51.2 Å². The van der Waals surface area contributed by atoms with Crippen LogP contribution in [0.25, 0.3) is 0 Å². The average Bonchev–Trinajstić information content (AvgIpc) is 2.90. The Balaban J connectivity index is 1.54. The molecule has 2 heterocycles. The van der Waals surface area contributed by atoms with Gasteiger partial charge in [0.1, 0.15) is 18.1 Å². The lowest BCUT2D eigenvalue weighted by atomic mass is 9.93. The number of fused-ring (bicyclic) bond motifs is 2. The van der Waals surface area contributed by atoms with E-state index in [0.717, 1.165) is 77.1 Å². The molecule has 1 amide bonds. The van der Waals surface area contributed by atoms with Gasteiger partial charge in [-0.05, 0) is 56.8 Å². The molecule has 4 rings (SSSR count). The van der Waals surface area contributed by atoms with E-state index in [4.69, 9.17) is 14.2 Å². The second-order valence-corrected chi connectivity index (χ2v) is 9.56. The number of ether oxygens (including phenoxy) is 3. The molecule has 190 valence electrons. The lowest BCUT2D eigenvalue weighted by Crippen LogP contribution is -2.51. The Kier molecular flexibility index (Phi) is 9.43. The third-order valence-corrected chi connectivity index (χ3v) is 7.12. The van der Waals surface area contributed by atoms with Gasteiger partial charge in [-0.3, -0.25) is 9.69 Å². The van der Waals surface area contributed by atoms with Gasteiger partial charge >= 0.3 is 0 Å². The molecule has 35 heavy (non-hydrogen) atoms. The standard InChI is InChI=1S/C29H40N2O4/c1-3-20-34-26-14-6-4-11-23(26)22-30-17-9-8-13-25-28(33-2)16-10-18-31(25)29(32)24-12-5-7-15-27(24)35-21-19-30/h4-7,11-12,14-15,25,28H,3,8-10,13,16-22H2,1-2H3/t25-,28-/m0/s1. The largest absolute Gasteiger partial charge is 0.493 e. The van der Waals surface area contributed by atoms with Crippen LogP contribution in [0.1, 0.15) is 61.4 Å². The molecule has 0 bridgehead atoms. The Morgan fingerprint density at radius 2 is 1.80 bits per heavy atom. The van der Waals surface area contributed by atoms with Crippen molar-refractivity contribution in [3.63, 3.8) is 0 Å². The minimum atomic E-state index is 0.0606. The van der Waals surface area contributed by atoms with Crippen molar-refractivity contribution >= 4 is 5.91 Å². The number of hydrogen-bond donors (Lipinski definition) is 0. The Hall–Kier alpha value is -2.57. The molecule has 6 nitrogen and oxygen atoms in total. The summed E-state index contributed by atoms with van der Waals surface area (Å²) in [5.41, 5.74) is 1.86.